The summed E-state index contributed by atoms with van der Waals surface area (Å²) in [5.74, 6) is -4.03. The lowest BCUT2D eigenvalue weighted by molar-refractivity contribution is -0.143. The molecular weight excluding hydrogens is 490 g/mol. The lowest BCUT2D eigenvalue weighted by Gasteiger charge is -2.25. The number of carbonyl (C=O) groups excluding carboxylic acids is 4. The van der Waals surface area contributed by atoms with E-state index in [1.165, 1.54) is 0 Å². The van der Waals surface area contributed by atoms with Crippen LogP contribution in [0.15, 0.2) is 60.7 Å². The lowest BCUT2D eigenvalue weighted by Crippen LogP contribution is -2.58. The molecule has 1 aliphatic rings. The van der Waals surface area contributed by atoms with Crippen molar-refractivity contribution >= 4 is 29.6 Å². The van der Waals surface area contributed by atoms with Crippen LogP contribution in [0.4, 0.5) is 0 Å². The molecule has 3 rings (SSSR count). The maximum absolute atomic E-state index is 13.5. The van der Waals surface area contributed by atoms with Gasteiger partial charge in [-0.2, -0.15) is 0 Å². The highest BCUT2D eigenvalue weighted by atomic mass is 16.4. The molecule has 0 aliphatic carbocycles. The molecule has 11 nitrogen and oxygen atoms in total. The fourth-order valence-electron chi connectivity index (χ4n) is 4.24. The van der Waals surface area contributed by atoms with Crippen molar-refractivity contribution in [3.63, 3.8) is 0 Å². The molecule has 4 amide bonds. The van der Waals surface area contributed by atoms with Crippen molar-refractivity contribution in [2.24, 2.45) is 5.73 Å². The van der Waals surface area contributed by atoms with Gasteiger partial charge in [-0.3, -0.25) is 19.2 Å². The second-order valence-corrected chi connectivity index (χ2v) is 9.22. The van der Waals surface area contributed by atoms with Gasteiger partial charge < -0.3 is 32.1 Å². The first kappa shape index (κ1) is 28.3. The molecule has 1 saturated heterocycles. The molecule has 7 N–H and O–H groups in total. The summed E-state index contributed by atoms with van der Waals surface area (Å²) in [4.78, 5) is 62.3. The quantitative estimate of drug-likeness (QED) is 0.207. The average Bonchev–Trinajstić information content (AvgIpc) is 3.44. The number of carboxylic acids is 1. The third-order valence-corrected chi connectivity index (χ3v) is 6.23. The third kappa shape index (κ3) is 8.70. The van der Waals surface area contributed by atoms with Gasteiger partial charge >= 0.3 is 5.97 Å². The first-order valence-electron chi connectivity index (χ1n) is 12.5. The van der Waals surface area contributed by atoms with Gasteiger partial charge in [0.2, 0.25) is 23.6 Å². The summed E-state index contributed by atoms with van der Waals surface area (Å²) >= 11 is 0. The van der Waals surface area contributed by atoms with Gasteiger partial charge in [-0.05, 0) is 30.5 Å². The van der Waals surface area contributed by atoms with Gasteiger partial charge in [0.15, 0.2) is 0 Å². The van der Waals surface area contributed by atoms with Gasteiger partial charge in [0, 0.05) is 12.8 Å². The minimum absolute atomic E-state index is 0.0531. The Morgan fingerprint density at radius 1 is 0.816 bits per heavy atom. The van der Waals surface area contributed by atoms with E-state index in [2.05, 4.69) is 21.3 Å². The predicted molar refractivity (Wildman–Crippen MR) is 139 cm³/mol. The van der Waals surface area contributed by atoms with E-state index in [1.807, 2.05) is 30.3 Å². The molecule has 1 heterocycles. The van der Waals surface area contributed by atoms with Crippen LogP contribution >= 0.6 is 0 Å². The zero-order valence-corrected chi connectivity index (χ0v) is 20.9. The molecule has 1 aliphatic heterocycles. The highest BCUT2D eigenvalue weighted by Crippen LogP contribution is 2.10. The zero-order valence-electron chi connectivity index (χ0n) is 20.9. The molecule has 38 heavy (non-hydrogen) atoms. The van der Waals surface area contributed by atoms with Crippen molar-refractivity contribution in [1.29, 1.82) is 0 Å². The second-order valence-electron chi connectivity index (χ2n) is 9.22. The molecular formula is C27H33N5O6. The van der Waals surface area contributed by atoms with Gasteiger partial charge in [0.05, 0.1) is 12.5 Å². The average molecular weight is 524 g/mol. The second kappa shape index (κ2) is 13.9. The molecule has 0 bridgehead atoms. The minimum Gasteiger partial charge on any atom is -0.480 e. The van der Waals surface area contributed by atoms with E-state index < -0.39 is 54.3 Å². The molecule has 4 atom stereocenters. The summed E-state index contributed by atoms with van der Waals surface area (Å²) in [5, 5.41) is 20.3. The summed E-state index contributed by atoms with van der Waals surface area (Å²) in [6.07, 6.45) is 1.14. The van der Waals surface area contributed by atoms with Crippen molar-refractivity contribution in [1.82, 2.24) is 21.3 Å². The molecule has 2 aromatic rings. The third-order valence-electron chi connectivity index (χ3n) is 6.23. The standard InChI is InChI=1S/C27H33N5O6/c28-23(33)16-22(27(37)38)32-26(36)21(15-18-10-5-2-6-11-18)31-25(35)20(14-17-8-3-1-4-9-17)30-24(34)19-12-7-13-29-19/h1-6,8-11,19-22,29H,7,12-16H2,(H2,28,33)(H,30,34)(H,31,35)(H,32,36)(H,37,38). The smallest absolute Gasteiger partial charge is 0.326 e. The molecule has 0 spiro atoms. The van der Waals surface area contributed by atoms with Crippen molar-refractivity contribution in [3.05, 3.63) is 71.8 Å². The normalized spacial score (nSPS) is 17.0. The van der Waals surface area contributed by atoms with Gasteiger partial charge in [-0.25, -0.2) is 4.79 Å². The molecule has 202 valence electrons. The summed E-state index contributed by atoms with van der Waals surface area (Å²) in [5.41, 5.74) is 6.66. The maximum atomic E-state index is 13.5. The predicted octanol–water partition coefficient (Wildman–Crippen LogP) is -0.362. The Morgan fingerprint density at radius 2 is 1.32 bits per heavy atom. The van der Waals surface area contributed by atoms with Crippen molar-refractivity contribution in [2.75, 3.05) is 6.54 Å². The summed E-state index contributed by atoms with van der Waals surface area (Å²) < 4.78 is 0. The van der Waals surface area contributed by atoms with Crippen molar-refractivity contribution in [3.8, 4) is 0 Å². The van der Waals surface area contributed by atoms with Crippen molar-refractivity contribution < 1.29 is 29.1 Å². The van der Waals surface area contributed by atoms with Crippen LogP contribution in [-0.2, 0) is 36.8 Å². The fraction of sp³-hybridized carbons (Fsp3) is 0.370. The number of hydrogen-bond acceptors (Lipinski definition) is 6. The first-order valence-corrected chi connectivity index (χ1v) is 12.5. The molecule has 4 unspecified atom stereocenters. The molecule has 1 fully saturated rings. The molecule has 11 heteroatoms. The fourth-order valence-corrected chi connectivity index (χ4v) is 4.24. The SMILES string of the molecule is NC(=O)CC(NC(=O)C(Cc1ccccc1)NC(=O)C(Cc1ccccc1)NC(=O)C1CCCN1)C(=O)O. The molecule has 0 saturated carbocycles. The van der Waals surface area contributed by atoms with Gasteiger partial charge in [0.25, 0.3) is 0 Å². The van der Waals surface area contributed by atoms with Crippen LogP contribution in [0, 0.1) is 0 Å². The van der Waals surface area contributed by atoms with Gasteiger partial charge in [0.1, 0.15) is 18.1 Å². The Labute approximate surface area is 220 Å². The van der Waals surface area contributed by atoms with Crippen LogP contribution in [-0.4, -0.2) is 65.4 Å². The Bertz CT molecular complexity index is 1120. The Morgan fingerprint density at radius 3 is 1.76 bits per heavy atom. The van der Waals surface area contributed by atoms with Crippen LogP contribution in [0.3, 0.4) is 0 Å². The van der Waals surface area contributed by atoms with Crippen LogP contribution in [0.2, 0.25) is 0 Å². The number of carboxylic acid groups (broad SMARTS) is 1. The number of nitrogens with one attached hydrogen (secondary N) is 4. The number of primary amides is 1. The van der Waals surface area contributed by atoms with Crippen molar-refractivity contribution in [2.45, 2.75) is 56.3 Å². The number of rotatable bonds is 13. The number of carbonyl (C=O) groups is 5. The molecule has 0 aromatic heterocycles. The summed E-state index contributed by atoms with van der Waals surface area (Å²) in [6.45, 7) is 0.711. The monoisotopic (exact) mass is 523 g/mol. The van der Waals surface area contributed by atoms with E-state index in [0.29, 0.717) is 18.5 Å². The highest BCUT2D eigenvalue weighted by molar-refractivity contribution is 5.95. The topological polar surface area (TPSA) is 180 Å². The number of aliphatic carboxylic acids is 1. The highest BCUT2D eigenvalue weighted by Gasteiger charge is 2.32. The van der Waals surface area contributed by atoms with Crippen LogP contribution in [0.5, 0.6) is 0 Å². The Balaban J connectivity index is 1.81. The minimum atomic E-state index is -1.55. The van der Waals surface area contributed by atoms with E-state index in [9.17, 15) is 29.1 Å². The largest absolute Gasteiger partial charge is 0.480 e. The Hall–Kier alpha value is -4.25. The van der Waals surface area contributed by atoms with Crippen LogP contribution in [0.25, 0.3) is 0 Å². The van der Waals surface area contributed by atoms with E-state index in [1.54, 1.807) is 30.3 Å². The molecule has 0 radical (unpaired) electrons. The lowest BCUT2D eigenvalue weighted by atomic mass is 10.0. The Kier molecular flexibility index (Phi) is 10.4. The number of hydrogen-bond donors (Lipinski definition) is 6. The van der Waals surface area contributed by atoms with E-state index in [0.717, 1.165) is 12.0 Å². The van der Waals surface area contributed by atoms with Gasteiger partial charge in [-0.15, -0.1) is 0 Å². The summed E-state index contributed by atoms with van der Waals surface area (Å²) in [7, 11) is 0. The number of amides is 4. The zero-order chi connectivity index (χ0) is 27.5. The molecule has 2 aromatic carbocycles. The van der Waals surface area contributed by atoms with Crippen LogP contribution in [0.1, 0.15) is 30.4 Å². The van der Waals surface area contributed by atoms with E-state index >= 15 is 0 Å². The van der Waals surface area contributed by atoms with E-state index in [4.69, 9.17) is 5.73 Å². The number of benzene rings is 2. The first-order chi connectivity index (χ1) is 18.2. The van der Waals surface area contributed by atoms with E-state index in [-0.39, 0.29) is 18.7 Å². The number of nitrogens with two attached hydrogens (primary N) is 1. The maximum Gasteiger partial charge on any atom is 0.326 e. The summed E-state index contributed by atoms with van der Waals surface area (Å²) in [6, 6.07) is 13.9. The van der Waals surface area contributed by atoms with Crippen LogP contribution < -0.4 is 27.0 Å². The van der Waals surface area contributed by atoms with Gasteiger partial charge in [-0.1, -0.05) is 60.7 Å².